The Balaban J connectivity index is 2.04. The van der Waals surface area contributed by atoms with E-state index in [2.05, 4.69) is 24.9 Å². The topological polar surface area (TPSA) is 12.0 Å². The van der Waals surface area contributed by atoms with Gasteiger partial charge in [0.15, 0.2) is 0 Å². The first kappa shape index (κ1) is 10.5. The molecule has 0 amide bonds. The molecule has 0 aromatic rings. The molecule has 0 aliphatic heterocycles. The van der Waals surface area contributed by atoms with Crippen LogP contribution in [0.3, 0.4) is 0 Å². The smallest absolute Gasteiger partial charge is 0.0159 e. The molecular weight excluding hydrogens is 158 g/mol. The van der Waals surface area contributed by atoms with Crippen LogP contribution in [0.1, 0.15) is 39.0 Å². The van der Waals surface area contributed by atoms with Crippen LogP contribution >= 0.6 is 0 Å². The lowest BCUT2D eigenvalue weighted by Crippen LogP contribution is -2.17. The van der Waals surface area contributed by atoms with Gasteiger partial charge in [0.05, 0.1) is 0 Å². The van der Waals surface area contributed by atoms with Crippen molar-refractivity contribution in [1.29, 1.82) is 0 Å². The molecule has 0 saturated heterocycles. The minimum atomic E-state index is 0.966. The van der Waals surface area contributed by atoms with Gasteiger partial charge in [-0.05, 0) is 45.6 Å². The lowest BCUT2D eigenvalue weighted by atomic mass is 9.97. The van der Waals surface area contributed by atoms with E-state index in [1.165, 1.54) is 37.7 Å². The van der Waals surface area contributed by atoms with Gasteiger partial charge in [-0.2, -0.15) is 0 Å². The summed E-state index contributed by atoms with van der Waals surface area (Å²) in [6, 6.07) is 0. The van der Waals surface area contributed by atoms with Gasteiger partial charge in [0, 0.05) is 6.54 Å². The zero-order valence-corrected chi connectivity index (χ0v) is 8.73. The molecule has 0 unspecified atom stereocenters. The third kappa shape index (κ3) is 4.89. The second-order valence-corrected chi connectivity index (χ2v) is 3.99. The first-order chi connectivity index (χ1) is 6.29. The number of rotatable bonds is 5. The van der Waals surface area contributed by atoms with Crippen LogP contribution in [0.25, 0.3) is 0 Å². The summed E-state index contributed by atoms with van der Waals surface area (Å²) in [6.45, 7) is 8.00. The molecule has 1 aliphatic carbocycles. The summed E-state index contributed by atoms with van der Waals surface area (Å²) < 4.78 is 0. The molecule has 0 heterocycles. The van der Waals surface area contributed by atoms with Gasteiger partial charge in [-0.3, -0.25) is 0 Å². The fraction of sp³-hybridized carbons (Fsp3) is 0.667. The first-order valence-electron chi connectivity index (χ1n) is 5.32. The predicted octanol–water partition coefficient (Wildman–Crippen LogP) is 3.04. The highest BCUT2D eigenvalue weighted by Crippen LogP contribution is 2.19. The first-order valence-corrected chi connectivity index (χ1v) is 5.32. The van der Waals surface area contributed by atoms with E-state index < -0.39 is 0 Å². The van der Waals surface area contributed by atoms with E-state index in [4.69, 9.17) is 0 Å². The Labute approximate surface area is 81.9 Å². The van der Waals surface area contributed by atoms with E-state index in [-0.39, 0.29) is 0 Å². The Kier molecular flexibility index (Phi) is 4.84. The summed E-state index contributed by atoms with van der Waals surface area (Å²) in [5.74, 6) is 0. The number of allylic oxidation sites excluding steroid dienone is 1. The van der Waals surface area contributed by atoms with Crippen molar-refractivity contribution in [3.63, 3.8) is 0 Å². The van der Waals surface area contributed by atoms with Crippen molar-refractivity contribution in [2.45, 2.75) is 39.0 Å². The van der Waals surface area contributed by atoms with Crippen molar-refractivity contribution in [2.24, 2.45) is 0 Å². The van der Waals surface area contributed by atoms with Crippen molar-refractivity contribution in [3.05, 3.63) is 23.8 Å². The van der Waals surface area contributed by atoms with E-state index in [1.54, 1.807) is 5.57 Å². The molecular formula is C12H21N. The third-order valence-corrected chi connectivity index (χ3v) is 2.43. The van der Waals surface area contributed by atoms with Gasteiger partial charge in [-0.25, -0.2) is 0 Å². The summed E-state index contributed by atoms with van der Waals surface area (Å²) in [4.78, 5) is 0. The number of nitrogens with one attached hydrogen (secondary N) is 1. The summed E-state index contributed by atoms with van der Waals surface area (Å²) in [5, 5.41) is 3.39. The van der Waals surface area contributed by atoms with Gasteiger partial charge in [0.25, 0.3) is 0 Å². The minimum absolute atomic E-state index is 0.966. The van der Waals surface area contributed by atoms with Gasteiger partial charge >= 0.3 is 0 Å². The van der Waals surface area contributed by atoms with Crippen molar-refractivity contribution < 1.29 is 0 Å². The molecule has 0 aromatic heterocycles. The molecule has 1 nitrogen and oxygen atoms in total. The molecule has 0 atom stereocenters. The molecule has 0 saturated carbocycles. The highest BCUT2D eigenvalue weighted by molar-refractivity contribution is 5.05. The van der Waals surface area contributed by atoms with Crippen LogP contribution in [0.4, 0.5) is 0 Å². The third-order valence-electron chi connectivity index (χ3n) is 2.43. The Morgan fingerprint density at radius 2 is 2.38 bits per heavy atom. The van der Waals surface area contributed by atoms with E-state index in [0.29, 0.717) is 0 Å². The molecule has 0 fully saturated rings. The SMILES string of the molecule is C=C(C)CNCCC1=CCCCC1. The molecule has 74 valence electrons. The van der Waals surface area contributed by atoms with Crippen LogP contribution in [-0.2, 0) is 0 Å². The minimum Gasteiger partial charge on any atom is -0.313 e. The molecule has 13 heavy (non-hydrogen) atoms. The molecule has 0 bridgehead atoms. The Hall–Kier alpha value is -0.560. The highest BCUT2D eigenvalue weighted by Gasteiger charge is 2.02. The summed E-state index contributed by atoms with van der Waals surface area (Å²) in [6.07, 6.45) is 9.07. The standard InChI is InChI=1S/C12H21N/c1-11(2)10-13-9-8-12-6-4-3-5-7-12/h6,13H,1,3-5,7-10H2,2H3. The Morgan fingerprint density at radius 3 is 3.00 bits per heavy atom. The largest absolute Gasteiger partial charge is 0.313 e. The van der Waals surface area contributed by atoms with Crippen molar-refractivity contribution >= 4 is 0 Å². The summed E-state index contributed by atoms with van der Waals surface area (Å²) in [5.41, 5.74) is 2.87. The van der Waals surface area contributed by atoms with Gasteiger partial charge < -0.3 is 5.32 Å². The van der Waals surface area contributed by atoms with E-state index in [1.807, 2.05) is 0 Å². The highest BCUT2D eigenvalue weighted by atomic mass is 14.8. The van der Waals surface area contributed by atoms with Crippen molar-refractivity contribution in [1.82, 2.24) is 5.32 Å². The lowest BCUT2D eigenvalue weighted by Gasteiger charge is -2.12. The summed E-state index contributed by atoms with van der Waals surface area (Å²) in [7, 11) is 0. The zero-order chi connectivity index (χ0) is 9.52. The maximum atomic E-state index is 3.86. The average molecular weight is 179 g/mol. The van der Waals surface area contributed by atoms with Gasteiger partial charge in [0.2, 0.25) is 0 Å². The Bertz CT molecular complexity index is 191. The van der Waals surface area contributed by atoms with Crippen LogP contribution in [0.15, 0.2) is 23.8 Å². The maximum Gasteiger partial charge on any atom is 0.0159 e. The van der Waals surface area contributed by atoms with Crippen LogP contribution < -0.4 is 5.32 Å². The number of hydrogen-bond donors (Lipinski definition) is 1. The summed E-state index contributed by atoms with van der Waals surface area (Å²) >= 11 is 0. The monoisotopic (exact) mass is 179 g/mol. The van der Waals surface area contributed by atoms with Crippen LogP contribution in [-0.4, -0.2) is 13.1 Å². The molecule has 0 radical (unpaired) electrons. The van der Waals surface area contributed by atoms with Crippen LogP contribution in [0.5, 0.6) is 0 Å². The molecule has 1 aliphatic rings. The van der Waals surface area contributed by atoms with Crippen molar-refractivity contribution in [3.8, 4) is 0 Å². The fourth-order valence-corrected chi connectivity index (χ4v) is 1.68. The maximum absolute atomic E-state index is 3.86. The van der Waals surface area contributed by atoms with Gasteiger partial charge in [0.1, 0.15) is 0 Å². The van der Waals surface area contributed by atoms with Crippen molar-refractivity contribution in [2.75, 3.05) is 13.1 Å². The molecule has 1 N–H and O–H groups in total. The quantitative estimate of drug-likeness (QED) is 0.505. The predicted molar refractivity (Wildman–Crippen MR) is 58.9 cm³/mol. The van der Waals surface area contributed by atoms with Gasteiger partial charge in [-0.15, -0.1) is 0 Å². The molecule has 1 heteroatoms. The lowest BCUT2D eigenvalue weighted by molar-refractivity contribution is 0.647. The Morgan fingerprint density at radius 1 is 1.54 bits per heavy atom. The fourth-order valence-electron chi connectivity index (χ4n) is 1.68. The second-order valence-electron chi connectivity index (χ2n) is 3.99. The molecule has 0 aromatic carbocycles. The zero-order valence-electron chi connectivity index (χ0n) is 8.73. The van der Waals surface area contributed by atoms with E-state index in [0.717, 1.165) is 13.1 Å². The molecule has 0 spiro atoms. The number of hydrogen-bond acceptors (Lipinski definition) is 1. The molecule has 1 rings (SSSR count). The van der Waals surface area contributed by atoms with E-state index in [9.17, 15) is 0 Å². The van der Waals surface area contributed by atoms with E-state index >= 15 is 0 Å². The van der Waals surface area contributed by atoms with Gasteiger partial charge in [-0.1, -0.05) is 23.8 Å². The second kappa shape index (κ2) is 5.98. The van der Waals surface area contributed by atoms with Crippen LogP contribution in [0.2, 0.25) is 0 Å². The average Bonchev–Trinajstić information content (AvgIpc) is 2.14. The van der Waals surface area contributed by atoms with Crippen LogP contribution in [0, 0.1) is 0 Å². The normalized spacial score (nSPS) is 16.8.